The van der Waals surface area contributed by atoms with Crippen LogP contribution in [0.15, 0.2) is 42.7 Å². The first kappa shape index (κ1) is 16.3. The summed E-state index contributed by atoms with van der Waals surface area (Å²) in [5, 5.41) is 11.2. The van der Waals surface area contributed by atoms with Gasteiger partial charge in [-0.2, -0.15) is 0 Å². The van der Waals surface area contributed by atoms with Gasteiger partial charge < -0.3 is 15.2 Å². The van der Waals surface area contributed by atoms with Crippen LogP contribution in [-0.4, -0.2) is 28.3 Å². The molecule has 9 heteroatoms. The molecule has 0 bridgehead atoms. The molecule has 0 radical (unpaired) electrons. The van der Waals surface area contributed by atoms with Gasteiger partial charge in [-0.25, -0.2) is 4.79 Å². The van der Waals surface area contributed by atoms with E-state index in [0.29, 0.717) is 0 Å². The highest BCUT2D eigenvalue weighted by Crippen LogP contribution is 2.30. The largest absolute Gasteiger partial charge is 0.573 e. The number of carboxylic acids is 1. The number of hydrogen-bond acceptors (Lipinski definition) is 4. The number of aromatic carboxylic acids is 1. The number of nitrogens with zero attached hydrogens (tertiary/aromatic N) is 1. The van der Waals surface area contributed by atoms with E-state index in [4.69, 9.17) is 5.11 Å². The third kappa shape index (κ3) is 4.19. The number of hydrogen-bond donors (Lipinski definition) is 2. The van der Waals surface area contributed by atoms with E-state index in [9.17, 15) is 22.8 Å². The van der Waals surface area contributed by atoms with Crippen LogP contribution in [-0.2, 0) is 0 Å². The van der Waals surface area contributed by atoms with E-state index in [1.54, 1.807) is 0 Å². The zero-order chi connectivity index (χ0) is 17.0. The molecule has 2 N–H and O–H groups in total. The average molecular weight is 326 g/mol. The highest BCUT2D eigenvalue weighted by molar-refractivity contribution is 6.10. The minimum Gasteiger partial charge on any atom is -0.478 e. The second-order valence-electron chi connectivity index (χ2n) is 4.22. The van der Waals surface area contributed by atoms with E-state index >= 15 is 0 Å². The van der Waals surface area contributed by atoms with Gasteiger partial charge in [0.15, 0.2) is 5.75 Å². The molecule has 1 heterocycles. The van der Waals surface area contributed by atoms with Crippen LogP contribution in [0.25, 0.3) is 0 Å². The summed E-state index contributed by atoms with van der Waals surface area (Å²) in [6.45, 7) is 0. The average Bonchev–Trinajstić information content (AvgIpc) is 2.47. The maximum absolute atomic E-state index is 12.3. The first-order chi connectivity index (χ1) is 10.8. The number of ether oxygens (including phenoxy) is 1. The van der Waals surface area contributed by atoms with Gasteiger partial charge in [0.2, 0.25) is 0 Å². The fraction of sp³-hybridized carbons (Fsp3) is 0.0714. The summed E-state index contributed by atoms with van der Waals surface area (Å²) >= 11 is 0. The van der Waals surface area contributed by atoms with Crippen LogP contribution in [0.1, 0.15) is 20.7 Å². The minimum atomic E-state index is -4.93. The number of amides is 1. The molecule has 1 aromatic carbocycles. The molecule has 2 aromatic rings. The van der Waals surface area contributed by atoms with E-state index in [1.165, 1.54) is 24.4 Å². The van der Waals surface area contributed by atoms with Crippen molar-refractivity contribution >= 4 is 17.6 Å². The van der Waals surface area contributed by atoms with Gasteiger partial charge >= 0.3 is 12.3 Å². The lowest BCUT2D eigenvalue weighted by Crippen LogP contribution is -2.20. The van der Waals surface area contributed by atoms with Crippen LogP contribution in [0.4, 0.5) is 18.9 Å². The molecule has 0 aliphatic carbocycles. The lowest BCUT2D eigenvalue weighted by molar-refractivity contribution is -0.274. The van der Waals surface area contributed by atoms with Gasteiger partial charge in [-0.05, 0) is 18.2 Å². The van der Waals surface area contributed by atoms with E-state index in [1.807, 2.05) is 0 Å². The van der Waals surface area contributed by atoms with Crippen molar-refractivity contribution in [3.63, 3.8) is 0 Å². The normalized spacial score (nSPS) is 10.9. The lowest BCUT2D eigenvalue weighted by Gasteiger charge is -2.14. The predicted octanol–water partition coefficient (Wildman–Crippen LogP) is 2.93. The SMILES string of the molecule is O=C(O)c1cnccc1C(=O)Nc1ccccc1OC(F)(F)F. The quantitative estimate of drug-likeness (QED) is 0.902. The highest BCUT2D eigenvalue weighted by atomic mass is 19.4. The van der Waals surface area contributed by atoms with Gasteiger partial charge in [-0.1, -0.05) is 12.1 Å². The van der Waals surface area contributed by atoms with Gasteiger partial charge in [0.1, 0.15) is 0 Å². The molecule has 0 saturated carbocycles. The molecule has 0 spiro atoms. The van der Waals surface area contributed by atoms with E-state index in [0.717, 1.165) is 18.3 Å². The Labute approximate surface area is 127 Å². The topological polar surface area (TPSA) is 88.5 Å². The number of rotatable bonds is 4. The predicted molar refractivity (Wildman–Crippen MR) is 72.3 cm³/mol. The van der Waals surface area contributed by atoms with Crippen molar-refractivity contribution in [2.24, 2.45) is 0 Å². The molecular weight excluding hydrogens is 317 g/mol. The fourth-order valence-corrected chi connectivity index (χ4v) is 1.74. The van der Waals surface area contributed by atoms with Crippen molar-refractivity contribution in [1.82, 2.24) is 4.98 Å². The van der Waals surface area contributed by atoms with Gasteiger partial charge in [0.05, 0.1) is 16.8 Å². The zero-order valence-electron chi connectivity index (χ0n) is 11.3. The van der Waals surface area contributed by atoms with E-state index < -0.39 is 24.0 Å². The molecule has 0 aliphatic heterocycles. The molecule has 1 aromatic heterocycles. The van der Waals surface area contributed by atoms with Crippen LogP contribution in [0.5, 0.6) is 5.75 Å². The van der Waals surface area contributed by atoms with Crippen LogP contribution in [0.2, 0.25) is 0 Å². The smallest absolute Gasteiger partial charge is 0.478 e. The number of carbonyl (C=O) groups excluding carboxylic acids is 1. The van der Waals surface area contributed by atoms with Crippen molar-refractivity contribution < 1.29 is 32.6 Å². The maximum atomic E-state index is 12.3. The Kier molecular flexibility index (Phi) is 4.49. The molecule has 0 unspecified atom stereocenters. The monoisotopic (exact) mass is 326 g/mol. The Hall–Kier alpha value is -3.10. The molecule has 0 fully saturated rings. The Morgan fingerprint density at radius 1 is 1.13 bits per heavy atom. The highest BCUT2D eigenvalue weighted by Gasteiger charge is 2.32. The molecule has 0 saturated heterocycles. The molecule has 120 valence electrons. The Morgan fingerprint density at radius 3 is 2.48 bits per heavy atom. The van der Waals surface area contributed by atoms with Crippen LogP contribution in [0.3, 0.4) is 0 Å². The molecule has 1 amide bonds. The molecular formula is C14H9F3N2O4. The number of aromatic nitrogens is 1. The number of nitrogens with one attached hydrogen (secondary N) is 1. The third-order valence-electron chi connectivity index (χ3n) is 2.66. The summed E-state index contributed by atoms with van der Waals surface area (Å²) in [5.41, 5.74) is -0.864. The summed E-state index contributed by atoms with van der Waals surface area (Å²) in [6.07, 6.45) is -2.77. The molecule has 0 atom stereocenters. The lowest BCUT2D eigenvalue weighted by atomic mass is 10.1. The molecule has 6 nitrogen and oxygen atoms in total. The van der Waals surface area contributed by atoms with Crippen LogP contribution >= 0.6 is 0 Å². The number of pyridine rings is 1. The standard InChI is InChI=1S/C14H9F3N2O4/c15-14(16,17)23-11-4-2-1-3-10(11)19-12(20)8-5-6-18-7-9(8)13(21)22/h1-7H,(H,19,20)(H,21,22). The number of halogens is 3. The number of carboxylic acid groups (broad SMARTS) is 1. The third-order valence-corrected chi connectivity index (χ3v) is 2.66. The van der Waals surface area contributed by atoms with Crippen molar-refractivity contribution in [1.29, 1.82) is 0 Å². The van der Waals surface area contributed by atoms with Crippen LogP contribution < -0.4 is 10.1 Å². The zero-order valence-corrected chi connectivity index (χ0v) is 11.3. The van der Waals surface area contributed by atoms with Gasteiger partial charge in [0.25, 0.3) is 5.91 Å². The molecule has 0 aliphatic rings. The fourth-order valence-electron chi connectivity index (χ4n) is 1.74. The first-order valence-electron chi connectivity index (χ1n) is 6.11. The van der Waals surface area contributed by atoms with Crippen molar-refractivity contribution in [3.05, 3.63) is 53.9 Å². The van der Waals surface area contributed by atoms with Crippen molar-refractivity contribution in [3.8, 4) is 5.75 Å². The van der Waals surface area contributed by atoms with Gasteiger partial charge in [-0.15, -0.1) is 13.2 Å². The summed E-state index contributed by atoms with van der Waals surface area (Å²) in [7, 11) is 0. The maximum Gasteiger partial charge on any atom is 0.573 e. The number of anilines is 1. The minimum absolute atomic E-state index is 0.241. The summed E-state index contributed by atoms with van der Waals surface area (Å²) in [5.74, 6) is -2.90. The van der Waals surface area contributed by atoms with E-state index in [-0.39, 0.29) is 16.8 Å². The van der Waals surface area contributed by atoms with E-state index in [2.05, 4.69) is 15.0 Å². The summed E-state index contributed by atoms with van der Waals surface area (Å²) in [4.78, 5) is 26.7. The summed E-state index contributed by atoms with van der Waals surface area (Å²) < 4.78 is 40.8. The number of para-hydroxylation sites is 2. The first-order valence-corrected chi connectivity index (χ1v) is 6.11. The van der Waals surface area contributed by atoms with Gasteiger partial charge in [-0.3, -0.25) is 9.78 Å². The number of alkyl halides is 3. The Bertz CT molecular complexity index is 747. The van der Waals surface area contributed by atoms with Gasteiger partial charge in [0, 0.05) is 12.4 Å². The Morgan fingerprint density at radius 2 is 1.83 bits per heavy atom. The Balaban J connectivity index is 2.30. The van der Waals surface area contributed by atoms with Crippen molar-refractivity contribution in [2.45, 2.75) is 6.36 Å². The molecule has 2 rings (SSSR count). The molecule has 23 heavy (non-hydrogen) atoms. The number of carbonyl (C=O) groups is 2. The van der Waals surface area contributed by atoms with Crippen molar-refractivity contribution in [2.75, 3.05) is 5.32 Å². The second kappa shape index (κ2) is 6.34. The van der Waals surface area contributed by atoms with Crippen LogP contribution in [0, 0.1) is 0 Å². The second-order valence-corrected chi connectivity index (χ2v) is 4.22. The number of benzene rings is 1. The summed E-state index contributed by atoms with van der Waals surface area (Å²) in [6, 6.07) is 6.05.